The van der Waals surface area contributed by atoms with Crippen molar-refractivity contribution in [3.05, 3.63) is 0 Å². The molecular formula is C11H19NO2S. The first-order valence-electron chi connectivity index (χ1n) is 5.48. The smallest absolute Gasteiger partial charge is 0.243 e. The second kappa shape index (κ2) is 5.01. The molecule has 4 heteroatoms. The van der Waals surface area contributed by atoms with Gasteiger partial charge in [0.1, 0.15) is 0 Å². The second-order valence-electron chi connectivity index (χ2n) is 4.24. The Bertz CT molecular complexity index is 265. The molecule has 0 spiro atoms. The first-order valence-corrected chi connectivity index (χ1v) is 6.43. The summed E-state index contributed by atoms with van der Waals surface area (Å²) >= 11 is 1.63. The molecule has 0 aromatic heterocycles. The lowest BCUT2D eigenvalue weighted by Gasteiger charge is -2.19. The zero-order valence-corrected chi connectivity index (χ0v) is 10.6. The molecule has 1 rings (SSSR count). The number of hydrogen-bond donors (Lipinski definition) is 0. The first-order chi connectivity index (χ1) is 6.97. The Morgan fingerprint density at radius 1 is 1.40 bits per heavy atom. The molecule has 0 N–H and O–H groups in total. The van der Waals surface area contributed by atoms with Gasteiger partial charge in [-0.25, -0.2) is 0 Å². The molecule has 0 radical (unpaired) electrons. The molecule has 0 aromatic carbocycles. The minimum Gasteiger partial charge on any atom is -0.279 e. The predicted octanol–water partition coefficient (Wildman–Crippen LogP) is 2.05. The molecule has 1 aliphatic heterocycles. The molecule has 1 fully saturated rings. The van der Waals surface area contributed by atoms with Crippen molar-refractivity contribution in [2.75, 3.05) is 0 Å². The summed E-state index contributed by atoms with van der Waals surface area (Å²) in [5, 5.41) is 0.300. The summed E-state index contributed by atoms with van der Waals surface area (Å²) in [5.74, 6) is -0.0175. The van der Waals surface area contributed by atoms with E-state index in [4.69, 9.17) is 0 Å². The minimum atomic E-state index is -0.144. The van der Waals surface area contributed by atoms with E-state index >= 15 is 0 Å². The number of hydrogen-bond acceptors (Lipinski definition) is 3. The molecule has 0 aromatic rings. The van der Waals surface area contributed by atoms with Gasteiger partial charge in [0.05, 0.1) is 5.25 Å². The van der Waals surface area contributed by atoms with Crippen LogP contribution in [0.2, 0.25) is 0 Å². The van der Waals surface area contributed by atoms with Gasteiger partial charge in [0.2, 0.25) is 11.8 Å². The van der Waals surface area contributed by atoms with Crippen molar-refractivity contribution in [2.24, 2.45) is 0 Å². The predicted molar refractivity (Wildman–Crippen MR) is 62.7 cm³/mol. The summed E-state index contributed by atoms with van der Waals surface area (Å²) in [6.45, 7) is 7.96. The van der Waals surface area contributed by atoms with Crippen LogP contribution in [-0.4, -0.2) is 33.3 Å². The molecule has 0 bridgehead atoms. The highest BCUT2D eigenvalue weighted by Crippen LogP contribution is 2.30. The summed E-state index contributed by atoms with van der Waals surface area (Å²) in [6.07, 6.45) is 1.41. The van der Waals surface area contributed by atoms with Crippen LogP contribution >= 0.6 is 11.8 Å². The fraction of sp³-hybridized carbons (Fsp3) is 0.818. The lowest BCUT2D eigenvalue weighted by molar-refractivity contribution is -0.140. The van der Waals surface area contributed by atoms with Gasteiger partial charge in [0.25, 0.3) is 0 Å². The van der Waals surface area contributed by atoms with Gasteiger partial charge in [-0.1, -0.05) is 13.8 Å². The largest absolute Gasteiger partial charge is 0.279 e. The maximum atomic E-state index is 11.9. The Morgan fingerprint density at radius 3 is 2.40 bits per heavy atom. The van der Waals surface area contributed by atoms with Crippen LogP contribution in [0.25, 0.3) is 0 Å². The molecule has 1 heterocycles. The van der Waals surface area contributed by atoms with Gasteiger partial charge < -0.3 is 0 Å². The number of likely N-dealkylation sites (tertiary alicyclic amines) is 1. The molecule has 15 heavy (non-hydrogen) atoms. The normalized spacial score (nSPS) is 24.1. The molecule has 3 nitrogen and oxygen atoms in total. The number of carbonyl (C=O) groups excluding carboxylic acids is 2. The van der Waals surface area contributed by atoms with Crippen molar-refractivity contribution in [1.29, 1.82) is 0 Å². The highest BCUT2D eigenvalue weighted by Gasteiger charge is 2.40. The summed E-state index contributed by atoms with van der Waals surface area (Å²) in [7, 11) is 0. The van der Waals surface area contributed by atoms with E-state index in [1.165, 1.54) is 4.90 Å². The highest BCUT2D eigenvalue weighted by atomic mass is 32.2. The number of nitrogens with zero attached hydrogens (tertiary/aromatic N) is 1. The fourth-order valence-corrected chi connectivity index (χ4v) is 2.87. The molecule has 1 aliphatic rings. The number of imide groups is 1. The second-order valence-corrected chi connectivity index (χ2v) is 5.89. The summed E-state index contributed by atoms with van der Waals surface area (Å²) in [4.78, 5) is 24.9. The van der Waals surface area contributed by atoms with Crippen LogP contribution in [-0.2, 0) is 9.59 Å². The summed E-state index contributed by atoms with van der Waals surface area (Å²) < 4.78 is 0. The van der Waals surface area contributed by atoms with Crippen LogP contribution in [0.4, 0.5) is 0 Å². The lowest BCUT2D eigenvalue weighted by Crippen LogP contribution is -2.37. The van der Waals surface area contributed by atoms with Crippen LogP contribution in [0, 0.1) is 0 Å². The summed E-state index contributed by atoms with van der Waals surface area (Å²) in [5.41, 5.74) is 0. The van der Waals surface area contributed by atoms with Gasteiger partial charge in [-0.3, -0.25) is 14.5 Å². The van der Waals surface area contributed by atoms with Crippen LogP contribution in [0.1, 0.15) is 40.5 Å². The summed E-state index contributed by atoms with van der Waals surface area (Å²) in [6, 6.07) is -0.00691. The molecule has 2 atom stereocenters. The van der Waals surface area contributed by atoms with Gasteiger partial charge in [-0.2, -0.15) is 0 Å². The van der Waals surface area contributed by atoms with Gasteiger partial charge in [-0.05, 0) is 20.3 Å². The van der Waals surface area contributed by atoms with E-state index in [1.54, 1.807) is 11.8 Å². The van der Waals surface area contributed by atoms with E-state index in [-0.39, 0.29) is 23.1 Å². The third-order valence-corrected chi connectivity index (χ3v) is 4.12. The molecule has 2 unspecified atom stereocenters. The SMILES string of the molecule is CCC(C)SC1CC(=O)N(C(C)C)C1=O. The van der Waals surface area contributed by atoms with Crippen LogP contribution < -0.4 is 0 Å². The zero-order valence-electron chi connectivity index (χ0n) is 9.82. The van der Waals surface area contributed by atoms with E-state index in [2.05, 4.69) is 13.8 Å². The number of carbonyl (C=O) groups is 2. The van der Waals surface area contributed by atoms with Crippen molar-refractivity contribution in [2.45, 2.75) is 57.1 Å². The van der Waals surface area contributed by atoms with E-state index in [1.807, 2.05) is 13.8 Å². The van der Waals surface area contributed by atoms with Gasteiger partial charge in [0, 0.05) is 17.7 Å². The zero-order chi connectivity index (χ0) is 11.6. The van der Waals surface area contributed by atoms with E-state index in [0.717, 1.165) is 6.42 Å². The van der Waals surface area contributed by atoms with Crippen molar-refractivity contribution in [1.82, 2.24) is 4.90 Å². The molecule has 86 valence electrons. The van der Waals surface area contributed by atoms with Gasteiger partial charge in [0.15, 0.2) is 0 Å². The highest BCUT2D eigenvalue weighted by molar-refractivity contribution is 8.01. The van der Waals surface area contributed by atoms with E-state index in [9.17, 15) is 9.59 Å². The Labute approximate surface area is 95.6 Å². The third-order valence-electron chi connectivity index (χ3n) is 2.63. The minimum absolute atomic E-state index is 0.000278. The first kappa shape index (κ1) is 12.6. The quantitative estimate of drug-likeness (QED) is 0.692. The standard InChI is InChI=1S/C11H19NO2S/c1-5-8(4)15-9-6-10(13)12(7(2)3)11(9)14/h7-9H,5-6H2,1-4H3. The maximum absolute atomic E-state index is 11.9. The Balaban J connectivity index is 2.65. The average molecular weight is 229 g/mol. The Kier molecular flexibility index (Phi) is 4.20. The Morgan fingerprint density at radius 2 is 2.00 bits per heavy atom. The van der Waals surface area contributed by atoms with Crippen LogP contribution in [0.3, 0.4) is 0 Å². The number of amides is 2. The Hall–Kier alpha value is -0.510. The van der Waals surface area contributed by atoms with Gasteiger partial charge in [-0.15, -0.1) is 11.8 Å². The van der Waals surface area contributed by atoms with Crippen molar-refractivity contribution in [3.8, 4) is 0 Å². The monoisotopic (exact) mass is 229 g/mol. The van der Waals surface area contributed by atoms with Crippen molar-refractivity contribution in [3.63, 3.8) is 0 Å². The van der Waals surface area contributed by atoms with Gasteiger partial charge >= 0.3 is 0 Å². The number of thioether (sulfide) groups is 1. The number of rotatable bonds is 4. The van der Waals surface area contributed by atoms with Crippen LogP contribution in [0.15, 0.2) is 0 Å². The molecule has 0 saturated carbocycles. The topological polar surface area (TPSA) is 37.4 Å². The average Bonchev–Trinajstić information content (AvgIpc) is 2.41. The molecular weight excluding hydrogens is 210 g/mol. The fourth-order valence-electron chi connectivity index (χ4n) is 1.65. The van der Waals surface area contributed by atoms with E-state index < -0.39 is 0 Å². The molecule has 0 aliphatic carbocycles. The van der Waals surface area contributed by atoms with Crippen molar-refractivity contribution >= 4 is 23.6 Å². The van der Waals surface area contributed by atoms with Crippen LogP contribution in [0.5, 0.6) is 0 Å². The van der Waals surface area contributed by atoms with Crippen molar-refractivity contribution < 1.29 is 9.59 Å². The molecule has 1 saturated heterocycles. The lowest BCUT2D eigenvalue weighted by atomic mass is 10.3. The third kappa shape index (κ3) is 2.74. The molecule has 2 amide bonds. The maximum Gasteiger partial charge on any atom is 0.243 e. The van der Waals surface area contributed by atoms with E-state index in [0.29, 0.717) is 11.7 Å².